The second kappa shape index (κ2) is 7.54. The standard InChI is InChI=1S/C19H17F5N2O/c20-14-2-4-15(5-3-14)26-8-7-12(11-26)10-25-18(27)13-1-6-17(21)16(9-13)19(22,23)24/h1-6,9,12H,7-8,10-11H2,(H,25,27). The third-order valence-corrected chi connectivity index (χ3v) is 4.56. The van der Waals surface area contributed by atoms with Gasteiger partial charge in [-0.15, -0.1) is 0 Å². The highest BCUT2D eigenvalue weighted by Gasteiger charge is 2.34. The van der Waals surface area contributed by atoms with E-state index in [9.17, 15) is 26.7 Å². The van der Waals surface area contributed by atoms with E-state index in [1.165, 1.54) is 12.1 Å². The lowest BCUT2D eigenvalue weighted by atomic mass is 10.1. The van der Waals surface area contributed by atoms with Gasteiger partial charge in [0.25, 0.3) is 5.91 Å². The zero-order chi connectivity index (χ0) is 19.6. The Balaban J connectivity index is 1.58. The fraction of sp³-hybridized carbons (Fsp3) is 0.316. The first-order chi connectivity index (χ1) is 12.7. The molecule has 1 aliphatic rings. The fourth-order valence-electron chi connectivity index (χ4n) is 3.11. The lowest BCUT2D eigenvalue weighted by Gasteiger charge is -2.19. The summed E-state index contributed by atoms with van der Waals surface area (Å²) in [5, 5.41) is 2.60. The molecule has 3 rings (SSSR count). The lowest BCUT2D eigenvalue weighted by Crippen LogP contribution is -2.31. The van der Waals surface area contributed by atoms with E-state index < -0.39 is 23.5 Å². The van der Waals surface area contributed by atoms with Gasteiger partial charge in [-0.3, -0.25) is 4.79 Å². The normalized spacial score (nSPS) is 17.2. The van der Waals surface area contributed by atoms with Crippen LogP contribution in [0.3, 0.4) is 0 Å². The summed E-state index contributed by atoms with van der Waals surface area (Å²) < 4.78 is 64.6. The zero-order valence-corrected chi connectivity index (χ0v) is 14.2. The van der Waals surface area contributed by atoms with E-state index in [1.54, 1.807) is 12.1 Å². The van der Waals surface area contributed by atoms with E-state index >= 15 is 0 Å². The maximum absolute atomic E-state index is 13.3. The molecule has 1 fully saturated rings. The van der Waals surface area contributed by atoms with Gasteiger partial charge in [0.2, 0.25) is 0 Å². The summed E-state index contributed by atoms with van der Waals surface area (Å²) in [5.74, 6) is -2.30. The number of carbonyl (C=O) groups excluding carboxylic acids is 1. The number of carbonyl (C=O) groups is 1. The van der Waals surface area contributed by atoms with Gasteiger partial charge in [-0.25, -0.2) is 8.78 Å². The van der Waals surface area contributed by atoms with Crippen molar-refractivity contribution in [2.75, 3.05) is 24.5 Å². The average Bonchev–Trinajstić information content (AvgIpc) is 3.08. The van der Waals surface area contributed by atoms with Crippen molar-refractivity contribution >= 4 is 11.6 Å². The van der Waals surface area contributed by atoms with Crippen molar-refractivity contribution in [3.63, 3.8) is 0 Å². The predicted molar refractivity (Wildman–Crippen MR) is 90.5 cm³/mol. The van der Waals surface area contributed by atoms with Crippen molar-refractivity contribution in [2.45, 2.75) is 12.6 Å². The van der Waals surface area contributed by atoms with Crippen LogP contribution < -0.4 is 10.2 Å². The minimum absolute atomic E-state index is 0.113. The van der Waals surface area contributed by atoms with Crippen molar-refractivity contribution in [2.24, 2.45) is 5.92 Å². The van der Waals surface area contributed by atoms with Gasteiger partial charge < -0.3 is 10.2 Å². The molecule has 1 amide bonds. The molecule has 1 unspecified atom stereocenters. The number of benzene rings is 2. The highest BCUT2D eigenvalue weighted by molar-refractivity contribution is 5.94. The number of hydrogen-bond donors (Lipinski definition) is 1. The van der Waals surface area contributed by atoms with Crippen molar-refractivity contribution in [1.82, 2.24) is 5.32 Å². The van der Waals surface area contributed by atoms with Gasteiger partial charge in [-0.2, -0.15) is 13.2 Å². The highest BCUT2D eigenvalue weighted by Crippen LogP contribution is 2.32. The number of hydrogen-bond acceptors (Lipinski definition) is 2. The van der Waals surface area contributed by atoms with Crippen molar-refractivity contribution in [3.8, 4) is 0 Å². The summed E-state index contributed by atoms with van der Waals surface area (Å²) in [6.45, 7) is 1.67. The van der Waals surface area contributed by atoms with Crippen LogP contribution in [0.25, 0.3) is 0 Å². The first-order valence-corrected chi connectivity index (χ1v) is 8.39. The Labute approximate surface area is 152 Å². The Morgan fingerprint density at radius 2 is 1.81 bits per heavy atom. The van der Waals surface area contributed by atoms with Crippen LogP contribution in [0.15, 0.2) is 42.5 Å². The first-order valence-electron chi connectivity index (χ1n) is 8.39. The third kappa shape index (κ3) is 4.56. The molecule has 0 radical (unpaired) electrons. The number of amides is 1. The fourth-order valence-corrected chi connectivity index (χ4v) is 3.11. The Morgan fingerprint density at radius 3 is 2.48 bits per heavy atom. The number of nitrogens with one attached hydrogen (secondary N) is 1. The molecule has 0 aliphatic carbocycles. The molecule has 1 atom stereocenters. The van der Waals surface area contributed by atoms with Crippen LogP contribution in [-0.2, 0) is 6.18 Å². The molecular formula is C19H17F5N2O. The van der Waals surface area contributed by atoms with Crippen LogP contribution in [-0.4, -0.2) is 25.5 Å². The minimum Gasteiger partial charge on any atom is -0.371 e. The molecule has 0 bridgehead atoms. The molecule has 0 saturated carbocycles. The summed E-state index contributed by atoms with van der Waals surface area (Å²) >= 11 is 0. The Kier molecular flexibility index (Phi) is 5.34. The SMILES string of the molecule is O=C(NCC1CCN(c2ccc(F)cc2)C1)c1ccc(F)c(C(F)(F)F)c1. The largest absolute Gasteiger partial charge is 0.419 e. The number of halogens is 5. The molecular weight excluding hydrogens is 367 g/mol. The highest BCUT2D eigenvalue weighted by atomic mass is 19.4. The van der Waals surface area contributed by atoms with Gasteiger partial charge in [0.15, 0.2) is 0 Å². The molecule has 0 aromatic heterocycles. The van der Waals surface area contributed by atoms with Crippen LogP contribution >= 0.6 is 0 Å². The van der Waals surface area contributed by atoms with Gasteiger partial charge >= 0.3 is 6.18 Å². The van der Waals surface area contributed by atoms with Gasteiger partial charge in [0.05, 0.1) is 5.56 Å². The molecule has 3 nitrogen and oxygen atoms in total. The lowest BCUT2D eigenvalue weighted by molar-refractivity contribution is -0.140. The molecule has 2 aromatic carbocycles. The summed E-state index contributed by atoms with van der Waals surface area (Å²) in [5.41, 5.74) is -0.825. The Bertz CT molecular complexity index is 820. The number of alkyl halides is 3. The molecule has 8 heteroatoms. The van der Waals surface area contributed by atoms with Gasteiger partial charge in [-0.05, 0) is 54.8 Å². The zero-order valence-electron chi connectivity index (χ0n) is 14.2. The van der Waals surface area contributed by atoms with Crippen LogP contribution in [0.1, 0.15) is 22.3 Å². The molecule has 1 saturated heterocycles. The maximum Gasteiger partial charge on any atom is 0.419 e. The number of rotatable bonds is 4. The van der Waals surface area contributed by atoms with Crippen LogP contribution in [0.4, 0.5) is 27.6 Å². The molecule has 27 heavy (non-hydrogen) atoms. The molecule has 0 spiro atoms. The molecule has 144 valence electrons. The minimum atomic E-state index is -4.86. The quantitative estimate of drug-likeness (QED) is 0.800. The van der Waals surface area contributed by atoms with E-state index in [-0.39, 0.29) is 23.8 Å². The average molecular weight is 384 g/mol. The monoisotopic (exact) mass is 384 g/mol. The first kappa shape index (κ1) is 19.1. The van der Waals surface area contributed by atoms with Crippen LogP contribution in [0.5, 0.6) is 0 Å². The van der Waals surface area contributed by atoms with Crippen molar-refractivity contribution < 1.29 is 26.7 Å². The van der Waals surface area contributed by atoms with E-state index in [0.29, 0.717) is 18.7 Å². The van der Waals surface area contributed by atoms with Crippen molar-refractivity contribution in [3.05, 3.63) is 65.2 Å². The van der Waals surface area contributed by atoms with Crippen LogP contribution in [0.2, 0.25) is 0 Å². The van der Waals surface area contributed by atoms with Gasteiger partial charge in [0, 0.05) is 30.9 Å². The summed E-state index contributed by atoms with van der Waals surface area (Å²) in [4.78, 5) is 14.2. The van der Waals surface area contributed by atoms with E-state index in [4.69, 9.17) is 0 Å². The van der Waals surface area contributed by atoms with Gasteiger partial charge in [-0.1, -0.05) is 0 Å². The number of anilines is 1. The van der Waals surface area contributed by atoms with E-state index in [2.05, 4.69) is 10.2 Å². The van der Waals surface area contributed by atoms with Crippen molar-refractivity contribution in [1.29, 1.82) is 0 Å². The number of nitrogens with zero attached hydrogens (tertiary/aromatic N) is 1. The van der Waals surface area contributed by atoms with E-state index in [1.807, 2.05) is 0 Å². The summed E-state index contributed by atoms with van der Waals surface area (Å²) in [7, 11) is 0. The summed E-state index contributed by atoms with van der Waals surface area (Å²) in [6.07, 6.45) is -4.07. The van der Waals surface area contributed by atoms with E-state index in [0.717, 1.165) is 24.7 Å². The van der Waals surface area contributed by atoms with Crippen LogP contribution in [0, 0.1) is 17.6 Å². The molecule has 1 aliphatic heterocycles. The second-order valence-electron chi connectivity index (χ2n) is 6.48. The Hall–Kier alpha value is -2.64. The summed E-state index contributed by atoms with van der Waals surface area (Å²) in [6, 6.07) is 8.28. The predicted octanol–water partition coefficient (Wildman–Crippen LogP) is 4.24. The topological polar surface area (TPSA) is 32.3 Å². The Morgan fingerprint density at radius 1 is 1.11 bits per heavy atom. The molecule has 2 aromatic rings. The molecule has 1 heterocycles. The third-order valence-electron chi connectivity index (χ3n) is 4.56. The maximum atomic E-state index is 13.3. The molecule has 1 N–H and O–H groups in total. The smallest absolute Gasteiger partial charge is 0.371 e. The second-order valence-corrected chi connectivity index (χ2v) is 6.48. The van der Waals surface area contributed by atoms with Gasteiger partial charge in [0.1, 0.15) is 11.6 Å².